The Morgan fingerprint density at radius 1 is 1.21 bits per heavy atom. The molecule has 130 valence electrons. The number of nitriles is 1. The molecule has 0 saturated carbocycles. The third-order valence-corrected chi connectivity index (χ3v) is 3.93. The van der Waals surface area contributed by atoms with Crippen LogP contribution in [0.5, 0.6) is 0 Å². The van der Waals surface area contributed by atoms with Gasteiger partial charge < -0.3 is 10.0 Å². The maximum atomic E-state index is 12.2. The number of β-amino-alcohol motifs (C(OH)–C–C–N with tert-alkyl or cyclic N) is 1. The van der Waals surface area contributed by atoms with Gasteiger partial charge in [0.05, 0.1) is 17.7 Å². The third-order valence-electron chi connectivity index (χ3n) is 3.93. The van der Waals surface area contributed by atoms with Crippen LogP contribution in [0.3, 0.4) is 0 Å². The average molecular weight is 341 g/mol. The van der Waals surface area contributed by atoms with Gasteiger partial charge in [0.2, 0.25) is 5.91 Å². The first kappa shape index (κ1) is 18.2. The van der Waals surface area contributed by atoms with Crippen LogP contribution in [0.1, 0.15) is 23.7 Å². The van der Waals surface area contributed by atoms with Gasteiger partial charge in [0.1, 0.15) is 6.42 Å². The Kier molecular flexibility index (Phi) is 5.80. The molecule has 2 rings (SSSR count). The van der Waals surface area contributed by atoms with E-state index in [1.807, 2.05) is 11.0 Å². The first-order valence-corrected chi connectivity index (χ1v) is 7.53. The van der Waals surface area contributed by atoms with E-state index in [4.69, 9.17) is 5.26 Å². The molecule has 1 aliphatic rings. The van der Waals surface area contributed by atoms with Crippen molar-refractivity contribution in [3.05, 3.63) is 35.4 Å². The topological polar surface area (TPSA) is 67.6 Å². The monoisotopic (exact) mass is 341 g/mol. The van der Waals surface area contributed by atoms with Gasteiger partial charge in [0, 0.05) is 32.7 Å². The maximum Gasteiger partial charge on any atom is 0.397 e. The van der Waals surface area contributed by atoms with Crippen LogP contribution in [-0.4, -0.2) is 59.7 Å². The molecule has 0 spiro atoms. The zero-order valence-electron chi connectivity index (χ0n) is 13.0. The molecule has 1 aliphatic heterocycles. The number of carbonyl (C=O) groups excluding carboxylic acids is 1. The van der Waals surface area contributed by atoms with E-state index in [2.05, 4.69) is 0 Å². The Morgan fingerprint density at radius 2 is 1.79 bits per heavy atom. The predicted molar refractivity (Wildman–Crippen MR) is 79.8 cm³/mol. The van der Waals surface area contributed by atoms with E-state index in [-0.39, 0.29) is 13.1 Å². The molecule has 0 aliphatic carbocycles. The van der Waals surface area contributed by atoms with E-state index in [9.17, 15) is 23.1 Å². The van der Waals surface area contributed by atoms with E-state index in [0.29, 0.717) is 30.8 Å². The number of halogens is 3. The Morgan fingerprint density at radius 3 is 2.29 bits per heavy atom. The predicted octanol–water partition coefficient (Wildman–Crippen LogP) is 1.69. The van der Waals surface area contributed by atoms with Gasteiger partial charge in [-0.15, -0.1) is 0 Å². The lowest BCUT2D eigenvalue weighted by atomic mass is 10.1. The fourth-order valence-electron chi connectivity index (χ4n) is 2.59. The Hall–Kier alpha value is -2.11. The Balaban J connectivity index is 1.82. The van der Waals surface area contributed by atoms with Gasteiger partial charge in [-0.05, 0) is 17.7 Å². The fourth-order valence-corrected chi connectivity index (χ4v) is 2.59. The van der Waals surface area contributed by atoms with Gasteiger partial charge in [-0.1, -0.05) is 12.1 Å². The lowest BCUT2D eigenvalue weighted by Crippen LogP contribution is -2.50. The van der Waals surface area contributed by atoms with Crippen LogP contribution in [0.4, 0.5) is 13.2 Å². The number of nitrogens with zero attached hydrogens (tertiary/aromatic N) is 3. The molecule has 1 heterocycles. The molecule has 24 heavy (non-hydrogen) atoms. The van der Waals surface area contributed by atoms with E-state index < -0.39 is 24.6 Å². The Bertz CT molecular complexity index is 602. The summed E-state index contributed by atoms with van der Waals surface area (Å²) in [7, 11) is 0. The van der Waals surface area contributed by atoms with Crippen LogP contribution in [0.25, 0.3) is 0 Å². The molecular weight excluding hydrogens is 323 g/mol. The molecular formula is C16H18F3N3O2. The zero-order valence-corrected chi connectivity index (χ0v) is 13.0. The number of amides is 1. The van der Waals surface area contributed by atoms with Crippen molar-refractivity contribution < 1.29 is 23.1 Å². The number of aliphatic hydroxyl groups is 1. The summed E-state index contributed by atoms with van der Waals surface area (Å²) in [4.78, 5) is 14.6. The normalized spacial score (nSPS) is 17.4. The molecule has 0 bridgehead atoms. The largest absolute Gasteiger partial charge is 0.397 e. The van der Waals surface area contributed by atoms with Crippen LogP contribution in [0.2, 0.25) is 0 Å². The summed E-state index contributed by atoms with van der Waals surface area (Å²) in [5.74, 6) is -0.908. The first-order valence-electron chi connectivity index (χ1n) is 7.53. The van der Waals surface area contributed by atoms with Crippen molar-refractivity contribution in [2.24, 2.45) is 0 Å². The summed E-state index contributed by atoms with van der Waals surface area (Å²) in [6, 6.07) is 8.58. The summed E-state index contributed by atoms with van der Waals surface area (Å²) in [5.41, 5.74) is 1.17. The number of piperazine rings is 1. The fraction of sp³-hybridized carbons (Fsp3) is 0.500. The van der Waals surface area contributed by atoms with Crippen LogP contribution >= 0.6 is 0 Å². The number of carbonyl (C=O) groups is 1. The molecule has 1 unspecified atom stereocenters. The summed E-state index contributed by atoms with van der Waals surface area (Å²) in [6.07, 6.45) is -6.67. The highest BCUT2D eigenvalue weighted by molar-refractivity contribution is 5.76. The van der Waals surface area contributed by atoms with E-state index >= 15 is 0 Å². The molecule has 1 saturated heterocycles. The second kappa shape index (κ2) is 7.64. The number of hydrogen-bond acceptors (Lipinski definition) is 4. The summed E-state index contributed by atoms with van der Waals surface area (Å²) in [6.45, 7) is 1.59. The highest BCUT2D eigenvalue weighted by Crippen LogP contribution is 2.21. The molecule has 0 aromatic heterocycles. The minimum absolute atomic E-state index is 0.217. The highest BCUT2D eigenvalue weighted by atomic mass is 19.4. The van der Waals surface area contributed by atoms with Gasteiger partial charge in [-0.25, -0.2) is 0 Å². The van der Waals surface area contributed by atoms with Crippen molar-refractivity contribution >= 4 is 5.91 Å². The molecule has 1 aromatic rings. The summed E-state index contributed by atoms with van der Waals surface area (Å²) < 4.78 is 36.7. The van der Waals surface area contributed by atoms with Crippen LogP contribution in [0, 0.1) is 11.3 Å². The van der Waals surface area contributed by atoms with Crippen LogP contribution in [-0.2, 0) is 4.79 Å². The van der Waals surface area contributed by atoms with E-state index in [0.717, 1.165) is 0 Å². The van der Waals surface area contributed by atoms with Crippen LogP contribution < -0.4 is 0 Å². The highest BCUT2D eigenvalue weighted by Gasteiger charge is 2.34. The molecule has 1 N–H and O–H groups in total. The summed E-state index contributed by atoms with van der Waals surface area (Å²) in [5, 5.41) is 19.0. The first-order chi connectivity index (χ1) is 11.3. The van der Waals surface area contributed by atoms with Gasteiger partial charge in [0.15, 0.2) is 0 Å². The lowest BCUT2D eigenvalue weighted by Gasteiger charge is -2.35. The average Bonchev–Trinajstić information content (AvgIpc) is 2.54. The smallest absolute Gasteiger partial charge is 0.387 e. The molecule has 0 radical (unpaired) electrons. The third kappa shape index (κ3) is 5.22. The van der Waals surface area contributed by atoms with Crippen molar-refractivity contribution in [3.63, 3.8) is 0 Å². The molecule has 1 amide bonds. The van der Waals surface area contributed by atoms with Gasteiger partial charge in [-0.3, -0.25) is 9.69 Å². The second-order valence-electron chi connectivity index (χ2n) is 5.72. The number of hydrogen-bond donors (Lipinski definition) is 1. The van der Waals surface area contributed by atoms with Crippen LogP contribution in [0.15, 0.2) is 24.3 Å². The van der Waals surface area contributed by atoms with Gasteiger partial charge in [0.25, 0.3) is 0 Å². The minimum atomic E-state index is -4.49. The number of alkyl halides is 3. The number of aliphatic hydroxyl groups excluding tert-OH is 1. The van der Waals surface area contributed by atoms with Crippen molar-refractivity contribution in [2.45, 2.75) is 18.7 Å². The SMILES string of the molecule is N#Cc1ccc(C(O)CN2CCN(C(=O)CC(F)(F)F)CC2)cc1. The van der Waals surface area contributed by atoms with E-state index in [1.54, 1.807) is 24.3 Å². The molecule has 8 heteroatoms. The maximum absolute atomic E-state index is 12.2. The van der Waals surface area contributed by atoms with Crippen molar-refractivity contribution in [1.29, 1.82) is 5.26 Å². The molecule has 1 aromatic carbocycles. The second-order valence-corrected chi connectivity index (χ2v) is 5.72. The molecule has 1 fully saturated rings. The van der Waals surface area contributed by atoms with Crippen molar-refractivity contribution in [2.75, 3.05) is 32.7 Å². The van der Waals surface area contributed by atoms with Gasteiger partial charge >= 0.3 is 6.18 Å². The number of rotatable bonds is 4. The minimum Gasteiger partial charge on any atom is -0.387 e. The van der Waals surface area contributed by atoms with Crippen molar-refractivity contribution in [1.82, 2.24) is 9.80 Å². The van der Waals surface area contributed by atoms with E-state index in [1.165, 1.54) is 4.90 Å². The van der Waals surface area contributed by atoms with Gasteiger partial charge in [-0.2, -0.15) is 18.4 Å². The quantitative estimate of drug-likeness (QED) is 0.905. The standard InChI is InChI=1S/C16H18F3N3O2/c17-16(18,19)9-15(24)22-7-5-21(6-8-22)11-14(23)13-3-1-12(10-20)2-4-13/h1-4,14,23H,5-9,11H2. The summed E-state index contributed by atoms with van der Waals surface area (Å²) >= 11 is 0. The number of benzene rings is 1. The zero-order chi connectivity index (χ0) is 17.7. The Labute approximate surface area is 137 Å². The lowest BCUT2D eigenvalue weighted by molar-refractivity contribution is -0.162. The molecule has 1 atom stereocenters. The van der Waals surface area contributed by atoms with Crippen molar-refractivity contribution in [3.8, 4) is 6.07 Å². The molecule has 5 nitrogen and oxygen atoms in total.